The van der Waals surface area contributed by atoms with Crippen LogP contribution in [0, 0.1) is 13.8 Å². The van der Waals surface area contributed by atoms with Gasteiger partial charge in [-0.1, -0.05) is 18.2 Å². The Labute approximate surface area is 173 Å². The zero-order valence-corrected chi connectivity index (χ0v) is 18.2. The number of hydrogen-bond donors (Lipinski definition) is 2. The van der Waals surface area contributed by atoms with Gasteiger partial charge < -0.3 is 15.1 Å². The molecule has 0 aliphatic carbocycles. The van der Waals surface area contributed by atoms with Gasteiger partial charge in [0.1, 0.15) is 0 Å². The third-order valence-electron chi connectivity index (χ3n) is 5.37. The maximum Gasteiger partial charge on any atom is 0.173 e. The Bertz CT molecular complexity index is 721. The van der Waals surface area contributed by atoms with Gasteiger partial charge in [0, 0.05) is 23.5 Å². The average molecular weight is 403 g/mol. The zero-order valence-electron chi connectivity index (χ0n) is 16.6. The summed E-state index contributed by atoms with van der Waals surface area (Å²) in [6.45, 7) is 10.1. The van der Waals surface area contributed by atoms with Crippen molar-refractivity contribution in [2.24, 2.45) is 0 Å². The summed E-state index contributed by atoms with van der Waals surface area (Å²) < 4.78 is 0. The summed E-state index contributed by atoms with van der Waals surface area (Å²) in [6.07, 6.45) is 5.38. The van der Waals surface area contributed by atoms with Crippen molar-refractivity contribution in [2.75, 3.05) is 31.5 Å². The van der Waals surface area contributed by atoms with Crippen molar-refractivity contribution in [1.82, 2.24) is 4.90 Å². The van der Waals surface area contributed by atoms with E-state index in [-0.39, 0.29) is 0 Å². The number of thiophene rings is 1. The fourth-order valence-corrected chi connectivity index (χ4v) is 4.71. The molecule has 2 N–H and O–H groups in total. The Morgan fingerprint density at radius 2 is 2.00 bits per heavy atom. The lowest BCUT2D eigenvalue weighted by atomic mass is 10.1. The number of nitrogens with zero attached hydrogens (tertiary/aromatic N) is 1. The molecule has 1 aliphatic heterocycles. The fraction of sp³-hybridized carbons (Fsp3) is 0.500. The van der Waals surface area contributed by atoms with Gasteiger partial charge in [-0.05, 0) is 74.0 Å². The minimum atomic E-state index is 0.839. The fourth-order valence-electron chi connectivity index (χ4n) is 3.73. The van der Waals surface area contributed by atoms with Crippen LogP contribution in [0.15, 0.2) is 35.7 Å². The Morgan fingerprint density at radius 1 is 1.19 bits per heavy atom. The Kier molecular flexibility index (Phi) is 7.68. The van der Waals surface area contributed by atoms with Crippen LogP contribution in [0.5, 0.6) is 0 Å². The number of likely N-dealkylation sites (tertiary alicyclic amines) is 1. The van der Waals surface area contributed by atoms with Crippen molar-refractivity contribution in [3.63, 3.8) is 0 Å². The number of rotatable bonds is 7. The van der Waals surface area contributed by atoms with E-state index in [1.54, 1.807) is 4.90 Å². The molecule has 5 heteroatoms. The standard InChI is InChI=1S/C22H31N3S2/c1-18-9-10-19(2)21(16-18)23-22(26)25(17-20-8-6-15-27-20)14-7-13-24-11-4-3-5-12-24/h6,8-10,15-16H,3-5,7,11-14,17H2,1-2H3,(H,23,26)/p+1. The van der Waals surface area contributed by atoms with Crippen LogP contribution in [0.25, 0.3) is 0 Å². The normalized spacial score (nSPS) is 14.9. The summed E-state index contributed by atoms with van der Waals surface area (Å²) in [5, 5.41) is 6.49. The van der Waals surface area contributed by atoms with Crippen molar-refractivity contribution in [2.45, 2.75) is 46.1 Å². The van der Waals surface area contributed by atoms with Crippen molar-refractivity contribution in [3.8, 4) is 0 Å². The molecule has 1 saturated heterocycles. The molecule has 3 nitrogen and oxygen atoms in total. The van der Waals surface area contributed by atoms with Crippen molar-refractivity contribution < 1.29 is 4.90 Å². The van der Waals surface area contributed by atoms with Crippen LogP contribution in [0.1, 0.15) is 41.7 Å². The van der Waals surface area contributed by atoms with Crippen molar-refractivity contribution in [1.29, 1.82) is 0 Å². The molecule has 0 unspecified atom stereocenters. The quantitative estimate of drug-likeness (QED) is 0.683. The van der Waals surface area contributed by atoms with Crippen LogP contribution < -0.4 is 10.2 Å². The minimum absolute atomic E-state index is 0.839. The van der Waals surface area contributed by atoms with Crippen molar-refractivity contribution in [3.05, 3.63) is 51.7 Å². The molecule has 0 atom stereocenters. The van der Waals surface area contributed by atoms with Gasteiger partial charge in [-0.15, -0.1) is 11.3 Å². The van der Waals surface area contributed by atoms with Crippen LogP contribution in [0.3, 0.4) is 0 Å². The van der Waals surface area contributed by atoms with Gasteiger partial charge in [0.15, 0.2) is 5.11 Å². The molecule has 1 aromatic carbocycles. The molecule has 2 aromatic rings. The van der Waals surface area contributed by atoms with Gasteiger partial charge in [-0.3, -0.25) is 0 Å². The smallest absolute Gasteiger partial charge is 0.173 e. The van der Waals surface area contributed by atoms with Gasteiger partial charge in [-0.2, -0.15) is 0 Å². The number of quaternary nitrogens is 1. The zero-order chi connectivity index (χ0) is 19.1. The molecule has 0 bridgehead atoms. The van der Waals surface area contributed by atoms with E-state index in [0.29, 0.717) is 0 Å². The van der Waals surface area contributed by atoms with Gasteiger partial charge in [0.05, 0.1) is 26.2 Å². The number of piperidine rings is 1. The van der Waals surface area contributed by atoms with Gasteiger partial charge >= 0.3 is 0 Å². The maximum absolute atomic E-state index is 5.82. The maximum atomic E-state index is 5.82. The molecule has 0 spiro atoms. The summed E-state index contributed by atoms with van der Waals surface area (Å²) in [4.78, 5) is 5.47. The molecule has 2 heterocycles. The highest BCUT2D eigenvalue weighted by Crippen LogP contribution is 2.18. The van der Waals surface area contributed by atoms with E-state index in [9.17, 15) is 0 Å². The van der Waals surface area contributed by atoms with E-state index in [1.807, 2.05) is 11.3 Å². The number of benzene rings is 1. The summed E-state index contributed by atoms with van der Waals surface area (Å²) >= 11 is 7.62. The summed E-state index contributed by atoms with van der Waals surface area (Å²) in [7, 11) is 0. The first kappa shape index (κ1) is 20.3. The second-order valence-electron chi connectivity index (χ2n) is 7.66. The second-order valence-corrected chi connectivity index (χ2v) is 9.08. The highest BCUT2D eigenvalue weighted by atomic mass is 32.1. The number of hydrogen-bond acceptors (Lipinski definition) is 2. The van der Waals surface area contributed by atoms with Crippen LogP contribution in [0.4, 0.5) is 5.69 Å². The Balaban J connectivity index is 1.61. The van der Waals surface area contributed by atoms with E-state index in [2.05, 4.69) is 59.8 Å². The third-order valence-corrected chi connectivity index (χ3v) is 6.59. The topological polar surface area (TPSA) is 19.7 Å². The third kappa shape index (κ3) is 6.30. The summed E-state index contributed by atoms with van der Waals surface area (Å²) in [5.74, 6) is 0. The molecular weight excluding hydrogens is 370 g/mol. The van der Waals surface area contributed by atoms with E-state index in [1.165, 1.54) is 61.3 Å². The van der Waals surface area contributed by atoms with E-state index < -0.39 is 0 Å². The monoisotopic (exact) mass is 402 g/mol. The summed E-state index contributed by atoms with van der Waals surface area (Å²) in [6, 6.07) is 10.8. The lowest BCUT2D eigenvalue weighted by Gasteiger charge is -2.28. The molecular formula is C22H32N3S2+. The number of thiocarbonyl (C=S) groups is 1. The molecule has 27 heavy (non-hydrogen) atoms. The lowest BCUT2D eigenvalue weighted by Crippen LogP contribution is -3.12. The van der Waals surface area contributed by atoms with Crippen molar-refractivity contribution >= 4 is 34.4 Å². The molecule has 146 valence electrons. The first-order chi connectivity index (χ1) is 13.1. The van der Waals surface area contributed by atoms with Gasteiger partial charge in [0.2, 0.25) is 0 Å². The van der Waals surface area contributed by atoms with Crippen LogP contribution >= 0.6 is 23.6 Å². The second kappa shape index (κ2) is 10.2. The van der Waals surface area contributed by atoms with Gasteiger partial charge in [-0.25, -0.2) is 0 Å². The predicted molar refractivity (Wildman–Crippen MR) is 121 cm³/mol. The molecule has 1 aromatic heterocycles. The number of anilines is 1. The SMILES string of the molecule is Cc1ccc(C)c(NC(=S)N(CCC[NH+]2CCCCC2)Cc2cccs2)c1. The van der Waals surface area contributed by atoms with Crippen LogP contribution in [0.2, 0.25) is 0 Å². The highest BCUT2D eigenvalue weighted by molar-refractivity contribution is 7.80. The molecule has 1 aliphatic rings. The molecule has 3 rings (SSSR count). The van der Waals surface area contributed by atoms with E-state index >= 15 is 0 Å². The van der Waals surface area contributed by atoms with Crippen LogP contribution in [-0.4, -0.2) is 36.2 Å². The highest BCUT2D eigenvalue weighted by Gasteiger charge is 2.16. The number of aryl methyl sites for hydroxylation is 2. The predicted octanol–water partition coefficient (Wildman–Crippen LogP) is 4.02. The van der Waals surface area contributed by atoms with Gasteiger partial charge in [0.25, 0.3) is 0 Å². The largest absolute Gasteiger partial charge is 0.344 e. The number of nitrogens with one attached hydrogen (secondary N) is 2. The summed E-state index contributed by atoms with van der Waals surface area (Å²) in [5.41, 5.74) is 3.61. The Hall–Kier alpha value is -1.43. The average Bonchev–Trinajstić information content (AvgIpc) is 3.18. The van der Waals surface area contributed by atoms with Crippen LogP contribution in [-0.2, 0) is 6.54 Å². The molecule has 1 fully saturated rings. The molecule has 0 amide bonds. The minimum Gasteiger partial charge on any atom is -0.344 e. The lowest BCUT2D eigenvalue weighted by molar-refractivity contribution is -0.905. The van der Waals surface area contributed by atoms with E-state index in [0.717, 1.165) is 23.9 Å². The molecule has 0 radical (unpaired) electrons. The first-order valence-corrected chi connectivity index (χ1v) is 11.4. The molecule has 0 saturated carbocycles. The van der Waals surface area contributed by atoms with E-state index in [4.69, 9.17) is 12.2 Å². The Morgan fingerprint density at radius 3 is 2.74 bits per heavy atom. The first-order valence-electron chi connectivity index (χ1n) is 10.1.